The van der Waals surface area contributed by atoms with Gasteiger partial charge in [0.1, 0.15) is 11.8 Å². The highest BCUT2D eigenvalue weighted by Crippen LogP contribution is 2.25. The summed E-state index contributed by atoms with van der Waals surface area (Å²) in [6, 6.07) is 16.2. The number of nitrogens with zero attached hydrogens (tertiary/aromatic N) is 3. The van der Waals surface area contributed by atoms with Crippen LogP contribution < -0.4 is 15.8 Å². The van der Waals surface area contributed by atoms with Crippen molar-refractivity contribution in [3.8, 4) is 5.75 Å². The number of carbonyl (C=O) groups is 3. The number of anilines is 1. The smallest absolute Gasteiger partial charge is 0.252 e. The summed E-state index contributed by atoms with van der Waals surface area (Å²) in [5, 5.41) is 3.35. The fourth-order valence-electron chi connectivity index (χ4n) is 5.15. The molecule has 0 aliphatic carbocycles. The Labute approximate surface area is 235 Å². The Hall–Kier alpha value is -3.50. The number of nitrogens with one attached hydrogen (secondary N) is 1. The molecule has 4 rings (SSSR count). The van der Waals surface area contributed by atoms with Gasteiger partial charge in [-0.1, -0.05) is 30.3 Å². The van der Waals surface area contributed by atoms with E-state index in [9.17, 15) is 14.4 Å². The number of piperidine rings is 1. The summed E-state index contributed by atoms with van der Waals surface area (Å²) in [6.07, 6.45) is 2.33. The average Bonchev–Trinajstić information content (AvgIpc) is 3.14. The third-order valence-corrected chi connectivity index (χ3v) is 7.73. The van der Waals surface area contributed by atoms with Crippen LogP contribution in [-0.2, 0) is 20.9 Å². The number of benzene rings is 2. The summed E-state index contributed by atoms with van der Waals surface area (Å²) < 4.78 is 5.46. The molecule has 2 aromatic carbocycles. The molecule has 0 aromatic heterocycles. The molecule has 2 heterocycles. The molecule has 2 aliphatic rings. The molecular formula is C29H37N5O4S. The van der Waals surface area contributed by atoms with E-state index in [4.69, 9.17) is 22.7 Å². The van der Waals surface area contributed by atoms with Gasteiger partial charge in [-0.3, -0.25) is 19.3 Å². The van der Waals surface area contributed by atoms with Crippen LogP contribution in [0.5, 0.6) is 5.75 Å². The first kappa shape index (κ1) is 28.5. The van der Waals surface area contributed by atoms with Gasteiger partial charge in [0.2, 0.25) is 11.8 Å². The maximum absolute atomic E-state index is 13.5. The number of rotatable bonds is 12. The number of amides is 3. The van der Waals surface area contributed by atoms with Crippen molar-refractivity contribution in [3.05, 3.63) is 60.2 Å². The van der Waals surface area contributed by atoms with Crippen LogP contribution in [0.25, 0.3) is 0 Å². The number of carbonyl (C=O) groups excluding carboxylic acids is 3. The Morgan fingerprint density at radius 1 is 1.05 bits per heavy atom. The third kappa shape index (κ3) is 7.54. The molecule has 1 atom stereocenters. The first-order valence-electron chi connectivity index (χ1n) is 13.6. The summed E-state index contributed by atoms with van der Waals surface area (Å²) in [5.41, 5.74) is 7.08. The van der Waals surface area contributed by atoms with E-state index >= 15 is 0 Å². The molecule has 3 amide bonds. The minimum Gasteiger partial charge on any atom is -0.494 e. The van der Waals surface area contributed by atoms with E-state index in [-0.39, 0.29) is 30.1 Å². The van der Waals surface area contributed by atoms with Crippen LogP contribution in [0.1, 0.15) is 38.2 Å². The van der Waals surface area contributed by atoms with Crippen LogP contribution in [-0.4, -0.2) is 76.4 Å². The van der Waals surface area contributed by atoms with Gasteiger partial charge in [-0.2, -0.15) is 0 Å². The number of hydrogen-bond acceptors (Lipinski definition) is 6. The second-order valence-electron chi connectivity index (χ2n) is 9.98. The number of thiocarbonyl (C=S) groups is 1. The van der Waals surface area contributed by atoms with Gasteiger partial charge in [0, 0.05) is 18.2 Å². The molecule has 0 bridgehead atoms. The zero-order valence-electron chi connectivity index (χ0n) is 22.4. The van der Waals surface area contributed by atoms with Crippen LogP contribution in [0.4, 0.5) is 5.69 Å². The molecule has 2 saturated heterocycles. The maximum Gasteiger partial charge on any atom is 0.252 e. The molecule has 3 N–H and O–H groups in total. The van der Waals surface area contributed by atoms with Crippen molar-refractivity contribution in [1.29, 1.82) is 0 Å². The van der Waals surface area contributed by atoms with Crippen molar-refractivity contribution >= 4 is 40.7 Å². The molecule has 0 saturated carbocycles. The van der Waals surface area contributed by atoms with Crippen LogP contribution >= 0.6 is 12.2 Å². The molecule has 39 heavy (non-hydrogen) atoms. The fraction of sp³-hybridized carbons (Fsp3) is 0.448. The molecule has 9 nitrogen and oxygen atoms in total. The molecule has 2 aromatic rings. The zero-order chi connectivity index (χ0) is 27.8. The first-order chi connectivity index (χ1) is 18.9. The van der Waals surface area contributed by atoms with E-state index in [1.54, 1.807) is 29.2 Å². The highest BCUT2D eigenvalue weighted by molar-refractivity contribution is 7.80. The monoisotopic (exact) mass is 551 g/mol. The van der Waals surface area contributed by atoms with Gasteiger partial charge in [-0.05, 0) is 87.9 Å². The van der Waals surface area contributed by atoms with Crippen molar-refractivity contribution in [1.82, 2.24) is 14.7 Å². The quantitative estimate of drug-likeness (QED) is 0.391. The third-order valence-electron chi connectivity index (χ3n) is 7.28. The lowest BCUT2D eigenvalue weighted by Gasteiger charge is -2.31. The Balaban J connectivity index is 1.39. The molecule has 0 spiro atoms. The largest absolute Gasteiger partial charge is 0.494 e. The molecule has 10 heteroatoms. The fourth-order valence-corrected chi connectivity index (χ4v) is 5.52. The van der Waals surface area contributed by atoms with E-state index in [1.165, 1.54) is 0 Å². The molecule has 0 radical (unpaired) electrons. The van der Waals surface area contributed by atoms with Crippen LogP contribution in [0.15, 0.2) is 54.6 Å². The van der Waals surface area contributed by atoms with E-state index in [2.05, 4.69) is 10.2 Å². The number of nitrogens with two attached hydrogens (primary N) is 1. The van der Waals surface area contributed by atoms with Crippen LogP contribution in [0.2, 0.25) is 0 Å². The normalized spacial score (nSPS) is 18.4. The molecule has 2 fully saturated rings. The lowest BCUT2D eigenvalue weighted by molar-refractivity contribution is -0.131. The zero-order valence-corrected chi connectivity index (χ0v) is 23.2. The van der Waals surface area contributed by atoms with Crippen molar-refractivity contribution < 1.29 is 19.1 Å². The number of likely N-dealkylation sites (tertiary alicyclic amines) is 1. The van der Waals surface area contributed by atoms with E-state index in [0.29, 0.717) is 30.5 Å². The lowest BCUT2D eigenvalue weighted by Crippen LogP contribution is -2.41. The second-order valence-corrected chi connectivity index (χ2v) is 10.3. The van der Waals surface area contributed by atoms with Gasteiger partial charge in [0.15, 0.2) is 5.11 Å². The Morgan fingerprint density at radius 3 is 2.38 bits per heavy atom. The number of hydrogen-bond donors (Lipinski definition) is 2. The van der Waals surface area contributed by atoms with Gasteiger partial charge >= 0.3 is 0 Å². The van der Waals surface area contributed by atoms with E-state index in [1.807, 2.05) is 42.2 Å². The standard InChI is InChI=1S/C29H37N5O4S/c1-2-38-24-11-9-23(10-12-24)31-26(35)19-25-28(37)34(20-21-7-4-3-5-8-21)29(39)33(25)16-6-15-32-17-13-22(14-18-32)27(30)36/h3-5,7-12,22,25H,2,6,13-20H2,1H3,(H2,30,36)(H,31,35)/t25-/m1/s1. The van der Waals surface area contributed by atoms with Crippen molar-refractivity contribution in [2.45, 2.75) is 45.2 Å². The topological polar surface area (TPSA) is 108 Å². The summed E-state index contributed by atoms with van der Waals surface area (Å²) in [5.74, 6) is 0.0528. The Morgan fingerprint density at radius 2 is 1.74 bits per heavy atom. The van der Waals surface area contributed by atoms with Gasteiger partial charge in [0.05, 0.1) is 19.6 Å². The van der Waals surface area contributed by atoms with Gasteiger partial charge in [0.25, 0.3) is 5.91 Å². The van der Waals surface area contributed by atoms with Crippen molar-refractivity contribution in [3.63, 3.8) is 0 Å². The van der Waals surface area contributed by atoms with Gasteiger partial charge in [-0.15, -0.1) is 0 Å². The number of primary amides is 1. The summed E-state index contributed by atoms with van der Waals surface area (Å²) in [4.78, 5) is 43.9. The predicted molar refractivity (Wildman–Crippen MR) is 154 cm³/mol. The van der Waals surface area contributed by atoms with Gasteiger partial charge in [-0.25, -0.2) is 0 Å². The van der Waals surface area contributed by atoms with Crippen molar-refractivity contribution in [2.75, 3.05) is 38.1 Å². The van der Waals surface area contributed by atoms with E-state index < -0.39 is 6.04 Å². The lowest BCUT2D eigenvalue weighted by atomic mass is 9.96. The van der Waals surface area contributed by atoms with Gasteiger partial charge < -0.3 is 25.6 Å². The second kappa shape index (κ2) is 13.5. The first-order valence-corrected chi connectivity index (χ1v) is 14.0. The number of ether oxygens (including phenoxy) is 1. The minimum atomic E-state index is -0.662. The SMILES string of the molecule is CCOc1ccc(NC(=O)C[C@@H]2C(=O)N(Cc3ccccc3)C(=S)N2CCCN2CCC(C(N)=O)CC2)cc1. The van der Waals surface area contributed by atoms with E-state index in [0.717, 1.165) is 50.2 Å². The summed E-state index contributed by atoms with van der Waals surface area (Å²) in [7, 11) is 0. The average molecular weight is 552 g/mol. The molecule has 0 unspecified atom stereocenters. The maximum atomic E-state index is 13.5. The van der Waals surface area contributed by atoms with Crippen LogP contribution in [0, 0.1) is 5.92 Å². The predicted octanol–water partition coefficient (Wildman–Crippen LogP) is 3.00. The van der Waals surface area contributed by atoms with Crippen LogP contribution in [0.3, 0.4) is 0 Å². The molecule has 208 valence electrons. The Bertz CT molecular complexity index is 1150. The Kier molecular flexibility index (Phi) is 9.89. The molecule has 2 aliphatic heterocycles. The highest BCUT2D eigenvalue weighted by atomic mass is 32.1. The minimum absolute atomic E-state index is 0.00147. The van der Waals surface area contributed by atoms with Crippen molar-refractivity contribution in [2.24, 2.45) is 11.7 Å². The summed E-state index contributed by atoms with van der Waals surface area (Å²) in [6.45, 7) is 5.88. The highest BCUT2D eigenvalue weighted by Gasteiger charge is 2.43. The summed E-state index contributed by atoms with van der Waals surface area (Å²) >= 11 is 5.77. The molecular weight excluding hydrogens is 514 g/mol.